The lowest BCUT2D eigenvalue weighted by Crippen LogP contribution is -2.47. The zero-order valence-corrected chi connectivity index (χ0v) is 16.1. The first kappa shape index (κ1) is 17.5. The van der Waals surface area contributed by atoms with Crippen LogP contribution in [0.15, 0.2) is 89.2 Å². The number of rotatable bonds is 3. The molecule has 2 aromatic carbocycles. The van der Waals surface area contributed by atoms with Gasteiger partial charge in [-0.3, -0.25) is 0 Å². The third kappa shape index (κ3) is 2.04. The molecule has 0 fully saturated rings. The van der Waals surface area contributed by atoms with Crippen molar-refractivity contribution < 1.29 is 19.1 Å². The van der Waals surface area contributed by atoms with Crippen LogP contribution >= 0.6 is 0 Å². The van der Waals surface area contributed by atoms with Gasteiger partial charge in [0.15, 0.2) is 0 Å². The Labute approximate surface area is 168 Å². The molecule has 0 aromatic heterocycles. The molecule has 2 bridgehead atoms. The van der Waals surface area contributed by atoms with Crippen molar-refractivity contribution in [3.63, 3.8) is 0 Å². The second-order valence-electron chi connectivity index (χ2n) is 7.21. The Hall–Kier alpha value is -3.62. The van der Waals surface area contributed by atoms with Gasteiger partial charge < -0.3 is 9.47 Å². The molecule has 29 heavy (non-hydrogen) atoms. The van der Waals surface area contributed by atoms with Crippen LogP contribution in [0.3, 0.4) is 0 Å². The standard InChI is InChI=1S/C25H18O4/c1-28-23(26)21-20-16-11-5-7-13-18(16)25(15-9-3-4-10-15,22(21)24(27)29-2)19-14-8-6-12-17(19)20/h3-9,11-14,20H,1-2H3. The van der Waals surface area contributed by atoms with Crippen LogP contribution in [0.4, 0.5) is 0 Å². The Morgan fingerprint density at radius 1 is 0.897 bits per heavy atom. The predicted molar refractivity (Wildman–Crippen MR) is 107 cm³/mol. The number of methoxy groups -OCH3 is 2. The Bertz CT molecular complexity index is 1160. The molecule has 0 atom stereocenters. The molecular formula is C25H18O4. The molecule has 142 valence electrons. The molecule has 0 spiro atoms. The third-order valence-corrected chi connectivity index (χ3v) is 6.08. The van der Waals surface area contributed by atoms with Crippen molar-refractivity contribution in [2.24, 2.45) is 0 Å². The smallest absolute Gasteiger partial charge is 0.335 e. The molecular weight excluding hydrogens is 364 g/mol. The zero-order valence-electron chi connectivity index (χ0n) is 16.1. The second-order valence-corrected chi connectivity index (χ2v) is 7.21. The maximum Gasteiger partial charge on any atom is 0.335 e. The Morgan fingerprint density at radius 2 is 1.48 bits per heavy atom. The van der Waals surface area contributed by atoms with Crippen LogP contribution in [0, 0.1) is 0 Å². The number of allylic oxidation sites excluding steroid dienone is 3. The SMILES string of the molecule is COC(=O)C1=C(C(=O)OC)C2(C3=C=CC=C3)c3ccccc3C1c1ccccc12. The first-order chi connectivity index (χ1) is 14.2. The van der Waals surface area contributed by atoms with Gasteiger partial charge in [0.1, 0.15) is 0 Å². The van der Waals surface area contributed by atoms with E-state index in [0.29, 0.717) is 11.1 Å². The van der Waals surface area contributed by atoms with E-state index >= 15 is 0 Å². The summed E-state index contributed by atoms with van der Waals surface area (Å²) in [7, 11) is 2.68. The molecule has 2 aromatic rings. The van der Waals surface area contributed by atoms with Gasteiger partial charge in [-0.25, -0.2) is 9.59 Å². The van der Waals surface area contributed by atoms with E-state index < -0.39 is 17.4 Å². The van der Waals surface area contributed by atoms with Crippen molar-refractivity contribution >= 4 is 11.9 Å². The third-order valence-electron chi connectivity index (χ3n) is 6.08. The van der Waals surface area contributed by atoms with E-state index in [-0.39, 0.29) is 5.92 Å². The van der Waals surface area contributed by atoms with Crippen molar-refractivity contribution in [2.45, 2.75) is 11.3 Å². The Balaban J connectivity index is 2.03. The van der Waals surface area contributed by atoms with Crippen LogP contribution in [0.5, 0.6) is 0 Å². The molecule has 4 aliphatic rings. The van der Waals surface area contributed by atoms with Gasteiger partial charge in [0.25, 0.3) is 0 Å². The van der Waals surface area contributed by atoms with Crippen molar-refractivity contribution in [3.05, 3.63) is 111 Å². The normalized spacial score (nSPS) is 22.8. The van der Waals surface area contributed by atoms with Crippen molar-refractivity contribution in [1.29, 1.82) is 0 Å². The van der Waals surface area contributed by atoms with Crippen LogP contribution in [-0.2, 0) is 24.5 Å². The van der Waals surface area contributed by atoms with Gasteiger partial charge in [0.2, 0.25) is 0 Å². The molecule has 0 heterocycles. The summed E-state index contributed by atoms with van der Waals surface area (Å²) in [5.41, 5.74) is 7.70. The minimum atomic E-state index is -0.984. The summed E-state index contributed by atoms with van der Waals surface area (Å²) in [5, 5.41) is 0. The predicted octanol–water partition coefficient (Wildman–Crippen LogP) is 3.73. The van der Waals surface area contributed by atoms with Crippen molar-refractivity contribution in [2.75, 3.05) is 14.2 Å². The summed E-state index contributed by atoms with van der Waals surface area (Å²) in [6.45, 7) is 0. The van der Waals surface area contributed by atoms with Crippen LogP contribution in [0.2, 0.25) is 0 Å². The van der Waals surface area contributed by atoms with Gasteiger partial charge in [-0.05, 0) is 34.4 Å². The highest BCUT2D eigenvalue weighted by atomic mass is 16.5. The quantitative estimate of drug-likeness (QED) is 0.600. The number of esters is 2. The lowest BCUT2D eigenvalue weighted by Gasteiger charge is -2.50. The van der Waals surface area contributed by atoms with Crippen LogP contribution in [0.25, 0.3) is 0 Å². The number of benzene rings is 2. The molecule has 0 unspecified atom stereocenters. The summed E-state index contributed by atoms with van der Waals surface area (Å²) in [4.78, 5) is 26.2. The lowest BCUT2D eigenvalue weighted by molar-refractivity contribution is -0.140. The molecule has 0 radical (unpaired) electrons. The highest BCUT2D eigenvalue weighted by Crippen LogP contribution is 2.62. The minimum Gasteiger partial charge on any atom is -0.466 e. The highest BCUT2D eigenvalue weighted by Gasteiger charge is 2.58. The Kier molecular flexibility index (Phi) is 3.73. The van der Waals surface area contributed by atoms with Gasteiger partial charge in [0.05, 0.1) is 30.8 Å². The lowest BCUT2D eigenvalue weighted by atomic mass is 9.50. The van der Waals surface area contributed by atoms with Crippen LogP contribution < -0.4 is 0 Å². The fourth-order valence-electron chi connectivity index (χ4n) is 5.10. The van der Waals surface area contributed by atoms with Crippen molar-refractivity contribution in [3.8, 4) is 0 Å². The second kappa shape index (κ2) is 6.20. The maximum atomic E-state index is 13.2. The first-order valence-corrected chi connectivity index (χ1v) is 9.40. The number of carbonyl (C=O) groups is 2. The van der Waals surface area contributed by atoms with Gasteiger partial charge in [-0.1, -0.05) is 54.6 Å². The zero-order chi connectivity index (χ0) is 20.2. The summed E-state index contributed by atoms with van der Waals surface area (Å²) >= 11 is 0. The molecule has 6 rings (SSSR count). The summed E-state index contributed by atoms with van der Waals surface area (Å²) in [5.74, 6) is -1.44. The molecule has 0 aliphatic heterocycles. The molecule has 4 aliphatic carbocycles. The average molecular weight is 382 g/mol. The number of ether oxygens (including phenoxy) is 2. The summed E-state index contributed by atoms with van der Waals surface area (Å²) in [6.07, 6.45) is 5.66. The summed E-state index contributed by atoms with van der Waals surface area (Å²) in [6, 6.07) is 15.9. The topological polar surface area (TPSA) is 52.6 Å². The van der Waals surface area contributed by atoms with Gasteiger partial charge in [-0.15, -0.1) is 5.73 Å². The van der Waals surface area contributed by atoms with Crippen molar-refractivity contribution in [1.82, 2.24) is 0 Å². The number of carbonyl (C=O) groups excluding carboxylic acids is 2. The first-order valence-electron chi connectivity index (χ1n) is 9.40. The van der Waals surface area contributed by atoms with E-state index in [1.54, 1.807) is 0 Å². The largest absolute Gasteiger partial charge is 0.466 e. The molecule has 0 saturated heterocycles. The van der Waals surface area contributed by atoms with E-state index in [1.165, 1.54) is 14.2 Å². The molecule has 4 nitrogen and oxygen atoms in total. The fraction of sp³-hybridized carbons (Fsp3) is 0.160. The average Bonchev–Trinajstić information content (AvgIpc) is 3.32. The van der Waals surface area contributed by atoms with E-state index in [2.05, 4.69) is 5.73 Å². The molecule has 0 saturated carbocycles. The molecule has 0 amide bonds. The monoisotopic (exact) mass is 382 g/mol. The van der Waals surface area contributed by atoms with Gasteiger partial charge >= 0.3 is 11.9 Å². The fourth-order valence-corrected chi connectivity index (χ4v) is 5.10. The summed E-state index contributed by atoms with van der Waals surface area (Å²) < 4.78 is 10.3. The maximum absolute atomic E-state index is 13.2. The van der Waals surface area contributed by atoms with E-state index in [9.17, 15) is 9.59 Å². The van der Waals surface area contributed by atoms with Gasteiger partial charge in [-0.2, -0.15) is 0 Å². The van der Waals surface area contributed by atoms with Crippen LogP contribution in [-0.4, -0.2) is 26.2 Å². The van der Waals surface area contributed by atoms with E-state index in [0.717, 1.165) is 27.8 Å². The van der Waals surface area contributed by atoms with E-state index in [4.69, 9.17) is 9.47 Å². The highest BCUT2D eigenvalue weighted by molar-refractivity contribution is 6.08. The number of hydrogen-bond donors (Lipinski definition) is 0. The molecule has 0 N–H and O–H groups in total. The number of hydrogen-bond acceptors (Lipinski definition) is 4. The van der Waals surface area contributed by atoms with E-state index in [1.807, 2.05) is 66.8 Å². The Morgan fingerprint density at radius 3 is 2.00 bits per heavy atom. The van der Waals surface area contributed by atoms with Crippen LogP contribution in [0.1, 0.15) is 28.2 Å². The molecule has 4 heteroatoms. The van der Waals surface area contributed by atoms with Gasteiger partial charge in [0, 0.05) is 11.5 Å². The minimum absolute atomic E-state index is 0.316.